The molecule has 2 heterocycles. The van der Waals surface area contributed by atoms with Crippen molar-refractivity contribution in [1.29, 1.82) is 0 Å². The molecule has 0 aromatic heterocycles. The molecule has 1 fully saturated rings. The van der Waals surface area contributed by atoms with Crippen molar-refractivity contribution in [3.63, 3.8) is 0 Å². The van der Waals surface area contributed by atoms with Gasteiger partial charge in [-0.3, -0.25) is 9.69 Å². The number of carbonyl (C=O) groups excluding carboxylic acids is 1. The second kappa shape index (κ2) is 7.11. The minimum absolute atomic E-state index is 0.0598. The average Bonchev–Trinajstić information content (AvgIpc) is 2.97. The quantitative estimate of drug-likeness (QED) is 0.829. The molecule has 0 aliphatic carbocycles. The molecule has 0 bridgehead atoms. The Morgan fingerprint density at radius 2 is 1.76 bits per heavy atom. The number of fused-ring (bicyclic) bond motifs is 1. The van der Waals surface area contributed by atoms with Gasteiger partial charge in [0, 0.05) is 29.7 Å². The Hall–Kier alpha value is -2.59. The number of hydrogen-bond acceptors (Lipinski definition) is 3. The number of amides is 1. The van der Waals surface area contributed by atoms with E-state index in [1.165, 1.54) is 37.9 Å². The first kappa shape index (κ1) is 15.9. The van der Waals surface area contributed by atoms with Crippen molar-refractivity contribution < 1.29 is 4.79 Å². The second-order valence-electron chi connectivity index (χ2n) is 6.74. The van der Waals surface area contributed by atoms with Gasteiger partial charge in [-0.25, -0.2) is 0 Å². The van der Waals surface area contributed by atoms with Gasteiger partial charge in [0.05, 0.1) is 5.57 Å². The molecule has 2 aromatic rings. The molecule has 2 aliphatic rings. The maximum atomic E-state index is 12.1. The van der Waals surface area contributed by atoms with Gasteiger partial charge >= 0.3 is 0 Å². The average molecular weight is 333 g/mol. The van der Waals surface area contributed by atoms with E-state index in [-0.39, 0.29) is 5.91 Å². The Balaban J connectivity index is 1.42. The van der Waals surface area contributed by atoms with Gasteiger partial charge in [-0.1, -0.05) is 36.8 Å². The van der Waals surface area contributed by atoms with Crippen LogP contribution in [-0.2, 0) is 11.3 Å². The predicted molar refractivity (Wildman–Crippen MR) is 102 cm³/mol. The zero-order valence-electron chi connectivity index (χ0n) is 14.3. The third-order valence-electron chi connectivity index (χ3n) is 4.90. The molecule has 1 saturated heterocycles. The molecule has 0 saturated carbocycles. The Labute approximate surface area is 148 Å². The van der Waals surface area contributed by atoms with E-state index in [1.54, 1.807) is 6.20 Å². The Bertz CT molecular complexity index is 789. The van der Waals surface area contributed by atoms with E-state index in [9.17, 15) is 4.79 Å². The van der Waals surface area contributed by atoms with Gasteiger partial charge < -0.3 is 10.6 Å². The number of nitrogens with zero attached hydrogens (tertiary/aromatic N) is 1. The monoisotopic (exact) mass is 333 g/mol. The minimum atomic E-state index is -0.0598. The van der Waals surface area contributed by atoms with Crippen LogP contribution < -0.4 is 10.6 Å². The van der Waals surface area contributed by atoms with Crippen LogP contribution >= 0.6 is 0 Å². The topological polar surface area (TPSA) is 44.4 Å². The van der Waals surface area contributed by atoms with Crippen molar-refractivity contribution in [3.8, 4) is 0 Å². The number of nitrogens with one attached hydrogen (secondary N) is 2. The zero-order chi connectivity index (χ0) is 17.1. The van der Waals surface area contributed by atoms with Crippen LogP contribution in [0.2, 0.25) is 0 Å². The van der Waals surface area contributed by atoms with Gasteiger partial charge in [0.1, 0.15) is 0 Å². The summed E-state index contributed by atoms with van der Waals surface area (Å²) in [6.45, 7) is 3.44. The van der Waals surface area contributed by atoms with Crippen LogP contribution in [-0.4, -0.2) is 23.9 Å². The molecule has 2 aromatic carbocycles. The van der Waals surface area contributed by atoms with E-state index < -0.39 is 0 Å². The summed E-state index contributed by atoms with van der Waals surface area (Å²) in [5, 5.41) is 6.14. The summed E-state index contributed by atoms with van der Waals surface area (Å²) in [4.78, 5) is 14.6. The second-order valence-corrected chi connectivity index (χ2v) is 6.74. The fourth-order valence-electron chi connectivity index (χ4n) is 3.52. The van der Waals surface area contributed by atoms with Crippen molar-refractivity contribution in [1.82, 2.24) is 4.90 Å². The van der Waals surface area contributed by atoms with E-state index in [0.717, 1.165) is 23.5 Å². The molecule has 25 heavy (non-hydrogen) atoms. The number of rotatable bonds is 4. The van der Waals surface area contributed by atoms with Gasteiger partial charge in [-0.2, -0.15) is 0 Å². The lowest BCUT2D eigenvalue weighted by atomic mass is 10.1. The SMILES string of the molecule is O=C1Nc2ccccc2C1=CNc1ccc(CN2CCCCC2)cc1. The number of likely N-dealkylation sites (tertiary alicyclic amines) is 1. The lowest BCUT2D eigenvalue weighted by Gasteiger charge is -2.26. The van der Waals surface area contributed by atoms with E-state index in [2.05, 4.69) is 39.8 Å². The molecule has 4 nitrogen and oxygen atoms in total. The normalized spacial score (nSPS) is 18.9. The van der Waals surface area contributed by atoms with Gasteiger partial charge in [0.2, 0.25) is 0 Å². The summed E-state index contributed by atoms with van der Waals surface area (Å²) in [6, 6.07) is 16.2. The van der Waals surface area contributed by atoms with E-state index in [4.69, 9.17) is 0 Å². The number of anilines is 2. The molecular weight excluding hydrogens is 310 g/mol. The molecule has 128 valence electrons. The first-order valence-corrected chi connectivity index (χ1v) is 8.98. The minimum Gasteiger partial charge on any atom is -0.361 e. The fourth-order valence-corrected chi connectivity index (χ4v) is 3.52. The van der Waals surface area contributed by atoms with Gasteiger partial charge in [0.15, 0.2) is 0 Å². The molecule has 0 radical (unpaired) electrons. The fraction of sp³-hybridized carbons (Fsp3) is 0.286. The Morgan fingerprint density at radius 1 is 1.00 bits per heavy atom. The molecule has 0 spiro atoms. The lowest BCUT2D eigenvalue weighted by molar-refractivity contribution is -0.110. The maximum absolute atomic E-state index is 12.1. The van der Waals surface area contributed by atoms with Crippen molar-refractivity contribution in [3.05, 3.63) is 65.9 Å². The van der Waals surface area contributed by atoms with Crippen molar-refractivity contribution >= 4 is 22.9 Å². The highest BCUT2D eigenvalue weighted by Crippen LogP contribution is 2.31. The van der Waals surface area contributed by atoms with Gasteiger partial charge in [-0.15, -0.1) is 0 Å². The van der Waals surface area contributed by atoms with Crippen LogP contribution in [0.1, 0.15) is 30.4 Å². The van der Waals surface area contributed by atoms with Crippen LogP contribution in [0.25, 0.3) is 5.57 Å². The lowest BCUT2D eigenvalue weighted by Crippen LogP contribution is -2.29. The van der Waals surface area contributed by atoms with Crippen LogP contribution in [0.4, 0.5) is 11.4 Å². The third kappa shape index (κ3) is 3.59. The van der Waals surface area contributed by atoms with E-state index in [0.29, 0.717) is 5.57 Å². The summed E-state index contributed by atoms with van der Waals surface area (Å²) >= 11 is 0. The molecule has 4 rings (SSSR count). The maximum Gasteiger partial charge on any atom is 0.257 e. The first-order chi connectivity index (χ1) is 12.3. The third-order valence-corrected chi connectivity index (χ3v) is 4.90. The van der Waals surface area contributed by atoms with Crippen molar-refractivity contribution in [2.45, 2.75) is 25.8 Å². The van der Waals surface area contributed by atoms with E-state index >= 15 is 0 Å². The summed E-state index contributed by atoms with van der Waals surface area (Å²) in [7, 11) is 0. The number of carbonyl (C=O) groups is 1. The number of piperidine rings is 1. The van der Waals surface area contributed by atoms with Crippen LogP contribution in [0, 0.1) is 0 Å². The number of benzene rings is 2. The number of para-hydroxylation sites is 1. The van der Waals surface area contributed by atoms with Crippen LogP contribution in [0.5, 0.6) is 0 Å². The molecule has 2 aliphatic heterocycles. The molecular formula is C21H23N3O. The van der Waals surface area contributed by atoms with Crippen molar-refractivity contribution in [2.24, 2.45) is 0 Å². The highest BCUT2D eigenvalue weighted by atomic mass is 16.2. The highest BCUT2D eigenvalue weighted by Gasteiger charge is 2.23. The number of hydrogen-bond donors (Lipinski definition) is 2. The molecule has 1 amide bonds. The van der Waals surface area contributed by atoms with Gasteiger partial charge in [0.25, 0.3) is 5.91 Å². The molecule has 4 heteroatoms. The molecule has 2 N–H and O–H groups in total. The Kier molecular flexibility index (Phi) is 4.53. The smallest absolute Gasteiger partial charge is 0.257 e. The zero-order valence-corrected chi connectivity index (χ0v) is 14.3. The standard InChI is InChI=1S/C21H23N3O/c25-21-19(18-6-2-3-7-20(18)23-21)14-22-17-10-8-16(9-11-17)15-24-12-4-1-5-13-24/h2-3,6-11,14,22H,1,4-5,12-13,15H2,(H,23,25). The summed E-state index contributed by atoms with van der Waals surface area (Å²) in [5.74, 6) is -0.0598. The molecule has 0 atom stereocenters. The summed E-state index contributed by atoms with van der Waals surface area (Å²) in [6.07, 6.45) is 5.79. The largest absolute Gasteiger partial charge is 0.361 e. The van der Waals surface area contributed by atoms with Crippen LogP contribution in [0.3, 0.4) is 0 Å². The first-order valence-electron chi connectivity index (χ1n) is 8.98. The highest BCUT2D eigenvalue weighted by molar-refractivity contribution is 6.31. The van der Waals surface area contributed by atoms with Crippen molar-refractivity contribution in [2.75, 3.05) is 23.7 Å². The summed E-state index contributed by atoms with van der Waals surface area (Å²) in [5.41, 5.74) is 4.82. The molecule has 0 unspecified atom stereocenters. The van der Waals surface area contributed by atoms with E-state index in [1.807, 2.05) is 24.3 Å². The van der Waals surface area contributed by atoms with Gasteiger partial charge in [-0.05, 0) is 49.7 Å². The van der Waals surface area contributed by atoms with Crippen LogP contribution in [0.15, 0.2) is 54.7 Å². The summed E-state index contributed by atoms with van der Waals surface area (Å²) < 4.78 is 0. The predicted octanol–water partition coefficient (Wildman–Crippen LogP) is 4.08. The Morgan fingerprint density at radius 3 is 2.56 bits per heavy atom.